The molecule has 0 aliphatic carbocycles. The van der Waals surface area contributed by atoms with Crippen LogP contribution < -0.4 is 10.1 Å². The standard InChI is InChI=1S/C14H14N4O/c1-3-12-17-13(16-2)8-14(18-12)19-11-6-4-10(9-15)5-7-11/h4-8H,3H2,1-2H3,(H,16,17,18). The molecule has 5 heteroatoms. The van der Waals surface area contributed by atoms with Crippen LogP contribution >= 0.6 is 0 Å². The molecule has 0 atom stereocenters. The van der Waals surface area contributed by atoms with E-state index in [9.17, 15) is 0 Å². The van der Waals surface area contributed by atoms with Gasteiger partial charge < -0.3 is 10.1 Å². The fraction of sp³-hybridized carbons (Fsp3) is 0.214. The lowest BCUT2D eigenvalue weighted by atomic mass is 10.2. The third-order valence-corrected chi connectivity index (χ3v) is 2.53. The molecule has 0 bridgehead atoms. The zero-order valence-corrected chi connectivity index (χ0v) is 10.8. The molecule has 0 radical (unpaired) electrons. The van der Waals surface area contributed by atoms with Crippen molar-refractivity contribution in [3.05, 3.63) is 41.7 Å². The Morgan fingerprint density at radius 2 is 2.00 bits per heavy atom. The number of ether oxygens (including phenoxy) is 1. The highest BCUT2D eigenvalue weighted by Gasteiger charge is 2.05. The van der Waals surface area contributed by atoms with Gasteiger partial charge in [0.15, 0.2) is 0 Å². The second-order valence-electron chi connectivity index (χ2n) is 3.85. The maximum absolute atomic E-state index is 8.74. The first kappa shape index (κ1) is 12.8. The van der Waals surface area contributed by atoms with Gasteiger partial charge in [-0.05, 0) is 24.3 Å². The molecule has 2 aromatic rings. The van der Waals surface area contributed by atoms with E-state index in [0.717, 1.165) is 18.1 Å². The maximum atomic E-state index is 8.74. The molecule has 0 fully saturated rings. The number of aromatic nitrogens is 2. The second-order valence-corrected chi connectivity index (χ2v) is 3.85. The predicted molar refractivity (Wildman–Crippen MR) is 72.2 cm³/mol. The molecule has 1 N–H and O–H groups in total. The van der Waals surface area contributed by atoms with Gasteiger partial charge in [-0.1, -0.05) is 6.92 Å². The lowest BCUT2D eigenvalue weighted by molar-refractivity contribution is 0.459. The number of rotatable bonds is 4. The Hall–Kier alpha value is -2.61. The fourth-order valence-corrected chi connectivity index (χ4v) is 1.53. The molecule has 1 heterocycles. The Morgan fingerprint density at radius 3 is 2.58 bits per heavy atom. The van der Waals surface area contributed by atoms with Gasteiger partial charge in [-0.3, -0.25) is 0 Å². The highest BCUT2D eigenvalue weighted by Crippen LogP contribution is 2.22. The average Bonchev–Trinajstić information content (AvgIpc) is 2.47. The number of aryl methyl sites for hydroxylation is 1. The van der Waals surface area contributed by atoms with Gasteiger partial charge in [-0.15, -0.1) is 0 Å². The first-order valence-electron chi connectivity index (χ1n) is 5.99. The van der Waals surface area contributed by atoms with E-state index in [1.807, 2.05) is 6.92 Å². The van der Waals surface area contributed by atoms with Crippen LogP contribution in [0.15, 0.2) is 30.3 Å². The second kappa shape index (κ2) is 5.83. The summed E-state index contributed by atoms with van der Waals surface area (Å²) >= 11 is 0. The molecule has 1 aromatic carbocycles. The largest absolute Gasteiger partial charge is 0.439 e. The highest BCUT2D eigenvalue weighted by atomic mass is 16.5. The summed E-state index contributed by atoms with van der Waals surface area (Å²) in [5, 5.41) is 11.7. The van der Waals surface area contributed by atoms with Crippen LogP contribution in [0.2, 0.25) is 0 Å². The summed E-state index contributed by atoms with van der Waals surface area (Å²) in [5.74, 6) is 2.56. The molecule has 2 rings (SSSR count). The van der Waals surface area contributed by atoms with Crippen molar-refractivity contribution in [1.29, 1.82) is 5.26 Å². The van der Waals surface area contributed by atoms with Crippen LogP contribution in [0.4, 0.5) is 5.82 Å². The van der Waals surface area contributed by atoms with Gasteiger partial charge in [0.1, 0.15) is 17.4 Å². The molecule has 19 heavy (non-hydrogen) atoms. The predicted octanol–water partition coefficient (Wildman–Crippen LogP) is 2.74. The summed E-state index contributed by atoms with van der Waals surface area (Å²) < 4.78 is 5.66. The van der Waals surface area contributed by atoms with Crippen molar-refractivity contribution in [2.45, 2.75) is 13.3 Å². The van der Waals surface area contributed by atoms with E-state index in [2.05, 4.69) is 21.4 Å². The summed E-state index contributed by atoms with van der Waals surface area (Å²) in [6, 6.07) is 10.7. The monoisotopic (exact) mass is 254 g/mol. The normalized spacial score (nSPS) is 9.74. The van der Waals surface area contributed by atoms with Gasteiger partial charge in [0, 0.05) is 19.5 Å². The summed E-state index contributed by atoms with van der Waals surface area (Å²) in [6.45, 7) is 1.99. The van der Waals surface area contributed by atoms with E-state index in [0.29, 0.717) is 17.2 Å². The third-order valence-electron chi connectivity index (χ3n) is 2.53. The first-order valence-corrected chi connectivity index (χ1v) is 5.99. The van der Waals surface area contributed by atoms with Crippen LogP contribution in [-0.2, 0) is 6.42 Å². The molecule has 0 saturated carbocycles. The molecule has 96 valence electrons. The van der Waals surface area contributed by atoms with Crippen molar-refractivity contribution >= 4 is 5.82 Å². The number of nitriles is 1. The summed E-state index contributed by atoms with van der Waals surface area (Å²) in [5.41, 5.74) is 0.597. The minimum absolute atomic E-state index is 0.487. The summed E-state index contributed by atoms with van der Waals surface area (Å²) in [4.78, 5) is 8.59. The van der Waals surface area contributed by atoms with Crippen LogP contribution in [-0.4, -0.2) is 17.0 Å². The third kappa shape index (κ3) is 3.19. The van der Waals surface area contributed by atoms with Crippen molar-refractivity contribution < 1.29 is 4.74 Å². The Kier molecular flexibility index (Phi) is 3.94. The number of hydrogen-bond acceptors (Lipinski definition) is 5. The van der Waals surface area contributed by atoms with Gasteiger partial charge in [0.05, 0.1) is 11.6 Å². The van der Waals surface area contributed by atoms with E-state index in [1.165, 1.54) is 0 Å². The molecule has 0 aliphatic heterocycles. The quantitative estimate of drug-likeness (QED) is 0.908. The summed E-state index contributed by atoms with van der Waals surface area (Å²) in [6.07, 6.45) is 0.735. The molecule has 0 aliphatic rings. The van der Waals surface area contributed by atoms with Crippen molar-refractivity contribution in [1.82, 2.24) is 9.97 Å². The van der Waals surface area contributed by atoms with Crippen LogP contribution in [0.25, 0.3) is 0 Å². The Labute approximate surface area is 111 Å². The molecule has 5 nitrogen and oxygen atoms in total. The van der Waals surface area contributed by atoms with Gasteiger partial charge in [-0.25, -0.2) is 4.98 Å². The maximum Gasteiger partial charge on any atom is 0.224 e. The van der Waals surface area contributed by atoms with E-state index in [-0.39, 0.29) is 0 Å². The minimum Gasteiger partial charge on any atom is -0.439 e. The number of anilines is 1. The van der Waals surface area contributed by atoms with Crippen molar-refractivity contribution in [3.8, 4) is 17.7 Å². The van der Waals surface area contributed by atoms with E-state index in [4.69, 9.17) is 10.00 Å². The molecule has 0 spiro atoms. The number of nitrogens with one attached hydrogen (secondary N) is 1. The molecule has 0 unspecified atom stereocenters. The van der Waals surface area contributed by atoms with E-state index < -0.39 is 0 Å². The molecule has 1 aromatic heterocycles. The lowest BCUT2D eigenvalue weighted by Crippen LogP contribution is -2.01. The van der Waals surface area contributed by atoms with Crippen LogP contribution in [0.5, 0.6) is 11.6 Å². The van der Waals surface area contributed by atoms with Gasteiger partial charge in [0.2, 0.25) is 5.88 Å². The fourth-order valence-electron chi connectivity index (χ4n) is 1.53. The zero-order valence-electron chi connectivity index (χ0n) is 10.8. The number of nitrogens with zero attached hydrogens (tertiary/aromatic N) is 3. The molecular weight excluding hydrogens is 240 g/mol. The number of hydrogen-bond donors (Lipinski definition) is 1. The molecule has 0 amide bonds. The first-order chi connectivity index (χ1) is 9.25. The summed E-state index contributed by atoms with van der Waals surface area (Å²) in [7, 11) is 1.80. The lowest BCUT2D eigenvalue weighted by Gasteiger charge is -2.08. The van der Waals surface area contributed by atoms with Crippen LogP contribution in [0.3, 0.4) is 0 Å². The van der Waals surface area contributed by atoms with Gasteiger partial charge in [0.25, 0.3) is 0 Å². The van der Waals surface area contributed by atoms with E-state index >= 15 is 0 Å². The Bertz CT molecular complexity index is 580. The topological polar surface area (TPSA) is 70.8 Å². The molecular formula is C14H14N4O. The van der Waals surface area contributed by atoms with E-state index in [1.54, 1.807) is 37.4 Å². The zero-order chi connectivity index (χ0) is 13.7. The SMILES string of the molecule is CCc1nc(NC)cc(Oc2ccc(C#N)cc2)n1. The van der Waals surface area contributed by atoms with Crippen molar-refractivity contribution in [2.24, 2.45) is 0 Å². The van der Waals surface area contributed by atoms with Crippen molar-refractivity contribution in [3.63, 3.8) is 0 Å². The number of benzene rings is 1. The average molecular weight is 254 g/mol. The smallest absolute Gasteiger partial charge is 0.224 e. The highest BCUT2D eigenvalue weighted by molar-refractivity contribution is 5.40. The van der Waals surface area contributed by atoms with Crippen LogP contribution in [0.1, 0.15) is 18.3 Å². The Morgan fingerprint density at radius 1 is 1.26 bits per heavy atom. The van der Waals surface area contributed by atoms with Gasteiger partial charge >= 0.3 is 0 Å². The van der Waals surface area contributed by atoms with Crippen molar-refractivity contribution in [2.75, 3.05) is 12.4 Å². The molecule has 0 saturated heterocycles. The Balaban J connectivity index is 2.24. The van der Waals surface area contributed by atoms with Gasteiger partial charge in [-0.2, -0.15) is 10.2 Å². The minimum atomic E-state index is 0.487. The van der Waals surface area contributed by atoms with Crippen LogP contribution in [0, 0.1) is 11.3 Å².